The highest BCUT2D eigenvalue weighted by molar-refractivity contribution is 9.10. The lowest BCUT2D eigenvalue weighted by atomic mass is 9.96. The molecule has 1 unspecified atom stereocenters. The summed E-state index contributed by atoms with van der Waals surface area (Å²) in [5, 5.41) is 10.5. The van der Waals surface area contributed by atoms with Gasteiger partial charge in [0.05, 0.1) is 0 Å². The average Bonchev–Trinajstić information content (AvgIpc) is 2.68. The first-order valence-electron chi connectivity index (χ1n) is 5.44. The molecule has 0 amide bonds. The van der Waals surface area contributed by atoms with Crippen molar-refractivity contribution in [1.29, 1.82) is 0 Å². The lowest BCUT2D eigenvalue weighted by Crippen LogP contribution is -2.28. The Morgan fingerprint density at radius 3 is 2.53 bits per heavy atom. The number of imidazole rings is 1. The highest BCUT2D eigenvalue weighted by Gasteiger charge is 2.27. The lowest BCUT2D eigenvalue weighted by molar-refractivity contribution is 0.0453. The summed E-state index contributed by atoms with van der Waals surface area (Å²) in [6, 6.07) is 7.96. The second kappa shape index (κ2) is 4.63. The minimum Gasteiger partial charge on any atom is -0.382 e. The van der Waals surface area contributed by atoms with Crippen molar-refractivity contribution in [1.82, 2.24) is 9.55 Å². The minimum atomic E-state index is -0.952. The van der Waals surface area contributed by atoms with Crippen LogP contribution in [0.2, 0.25) is 0 Å². The van der Waals surface area contributed by atoms with Gasteiger partial charge in [-0.3, -0.25) is 0 Å². The van der Waals surface area contributed by atoms with Gasteiger partial charge >= 0.3 is 0 Å². The summed E-state index contributed by atoms with van der Waals surface area (Å²) in [6.07, 6.45) is 4.09. The van der Waals surface area contributed by atoms with Gasteiger partial charge in [0.15, 0.2) is 0 Å². The van der Waals surface area contributed by atoms with Crippen molar-refractivity contribution in [2.75, 3.05) is 0 Å². The normalized spacial score (nSPS) is 14.6. The van der Waals surface area contributed by atoms with E-state index in [1.165, 1.54) is 0 Å². The molecule has 3 nitrogen and oxygen atoms in total. The molecule has 2 aromatic rings. The van der Waals surface area contributed by atoms with E-state index in [0.29, 0.717) is 12.2 Å². The molecule has 17 heavy (non-hydrogen) atoms. The number of nitrogens with zero attached hydrogens (tertiary/aromatic N) is 2. The van der Waals surface area contributed by atoms with Crippen LogP contribution >= 0.6 is 15.9 Å². The molecular formula is C13H15BrN2O. The molecule has 0 bridgehead atoms. The van der Waals surface area contributed by atoms with Crippen LogP contribution in [0.15, 0.2) is 41.1 Å². The van der Waals surface area contributed by atoms with Crippen LogP contribution in [0.3, 0.4) is 0 Å². The number of aliphatic hydroxyl groups is 1. The van der Waals surface area contributed by atoms with Gasteiger partial charge in [0.25, 0.3) is 0 Å². The topological polar surface area (TPSA) is 38.0 Å². The van der Waals surface area contributed by atoms with Crippen LogP contribution in [0.4, 0.5) is 0 Å². The summed E-state index contributed by atoms with van der Waals surface area (Å²) < 4.78 is 2.89. The van der Waals surface area contributed by atoms with E-state index in [1.54, 1.807) is 13.1 Å². The van der Waals surface area contributed by atoms with E-state index in [2.05, 4.69) is 20.9 Å². The zero-order chi connectivity index (χ0) is 12.5. The van der Waals surface area contributed by atoms with Gasteiger partial charge in [0.1, 0.15) is 11.4 Å². The summed E-state index contributed by atoms with van der Waals surface area (Å²) in [4.78, 5) is 4.20. The summed E-state index contributed by atoms with van der Waals surface area (Å²) >= 11 is 3.40. The van der Waals surface area contributed by atoms with Crippen LogP contribution in [0.1, 0.15) is 18.3 Å². The first kappa shape index (κ1) is 12.3. The quantitative estimate of drug-likeness (QED) is 0.945. The summed E-state index contributed by atoms with van der Waals surface area (Å²) in [7, 11) is 1.89. The van der Waals surface area contributed by atoms with Crippen molar-refractivity contribution in [2.45, 2.75) is 18.9 Å². The van der Waals surface area contributed by atoms with Crippen LogP contribution in [-0.4, -0.2) is 14.7 Å². The molecule has 1 aromatic heterocycles. The first-order valence-corrected chi connectivity index (χ1v) is 6.23. The second-order valence-corrected chi connectivity index (χ2v) is 5.35. The number of rotatable bonds is 3. The number of hydrogen-bond donors (Lipinski definition) is 1. The SMILES string of the molecule is Cn1ccnc1C(C)(O)Cc1ccc(Br)cc1. The van der Waals surface area contributed by atoms with Crippen molar-refractivity contribution >= 4 is 15.9 Å². The molecule has 90 valence electrons. The fourth-order valence-corrected chi connectivity index (χ4v) is 2.23. The number of aryl methyl sites for hydroxylation is 1. The van der Waals surface area contributed by atoms with Crippen molar-refractivity contribution in [3.8, 4) is 0 Å². The maximum absolute atomic E-state index is 10.5. The zero-order valence-electron chi connectivity index (χ0n) is 9.89. The average molecular weight is 295 g/mol. The minimum absolute atomic E-state index is 0.547. The highest BCUT2D eigenvalue weighted by Crippen LogP contribution is 2.24. The summed E-state index contributed by atoms with van der Waals surface area (Å²) in [5.74, 6) is 0.681. The van der Waals surface area contributed by atoms with Crippen molar-refractivity contribution < 1.29 is 5.11 Å². The second-order valence-electron chi connectivity index (χ2n) is 4.44. The van der Waals surface area contributed by atoms with E-state index in [-0.39, 0.29) is 0 Å². The Kier molecular flexibility index (Phi) is 3.35. The molecule has 1 heterocycles. The van der Waals surface area contributed by atoms with E-state index < -0.39 is 5.60 Å². The summed E-state index contributed by atoms with van der Waals surface area (Å²) in [6.45, 7) is 1.79. The molecule has 1 N–H and O–H groups in total. The van der Waals surface area contributed by atoms with Crippen LogP contribution in [0, 0.1) is 0 Å². The number of halogens is 1. The predicted molar refractivity (Wildman–Crippen MR) is 70.6 cm³/mol. The van der Waals surface area contributed by atoms with Crippen molar-refractivity contribution in [2.24, 2.45) is 7.05 Å². The molecule has 4 heteroatoms. The summed E-state index contributed by atoms with van der Waals surface area (Å²) in [5.41, 5.74) is 0.132. The Balaban J connectivity index is 2.23. The third-order valence-corrected chi connectivity index (χ3v) is 3.29. The zero-order valence-corrected chi connectivity index (χ0v) is 11.5. The molecule has 0 saturated heterocycles. The van der Waals surface area contributed by atoms with Gasteiger partial charge in [-0.15, -0.1) is 0 Å². The molecular weight excluding hydrogens is 280 g/mol. The molecule has 2 rings (SSSR count). The molecule has 0 spiro atoms. The molecule has 1 aromatic carbocycles. The van der Waals surface area contributed by atoms with Gasteiger partial charge in [-0.05, 0) is 24.6 Å². The lowest BCUT2D eigenvalue weighted by Gasteiger charge is -2.22. The van der Waals surface area contributed by atoms with Gasteiger partial charge in [0.2, 0.25) is 0 Å². The van der Waals surface area contributed by atoms with Gasteiger partial charge in [0, 0.05) is 30.3 Å². The Hall–Kier alpha value is -1.13. The van der Waals surface area contributed by atoms with E-state index in [4.69, 9.17) is 0 Å². The molecule has 0 aliphatic carbocycles. The Morgan fingerprint density at radius 1 is 1.35 bits per heavy atom. The molecule has 0 radical (unpaired) electrons. The van der Waals surface area contributed by atoms with Gasteiger partial charge in [-0.1, -0.05) is 28.1 Å². The molecule has 0 aliphatic heterocycles. The van der Waals surface area contributed by atoms with Crippen molar-refractivity contribution in [3.05, 3.63) is 52.5 Å². The highest BCUT2D eigenvalue weighted by atomic mass is 79.9. The number of hydrogen-bond acceptors (Lipinski definition) is 2. The van der Waals surface area contributed by atoms with E-state index in [9.17, 15) is 5.11 Å². The Morgan fingerprint density at radius 2 is 2.00 bits per heavy atom. The Bertz CT molecular complexity index is 502. The molecule has 0 saturated carbocycles. The van der Waals surface area contributed by atoms with Crippen LogP contribution in [-0.2, 0) is 19.1 Å². The smallest absolute Gasteiger partial charge is 0.140 e. The van der Waals surface area contributed by atoms with E-state index >= 15 is 0 Å². The Labute approximate surface area is 109 Å². The van der Waals surface area contributed by atoms with Gasteiger partial charge in [-0.2, -0.15) is 0 Å². The molecule has 0 fully saturated rings. The van der Waals surface area contributed by atoms with E-state index in [0.717, 1.165) is 10.0 Å². The van der Waals surface area contributed by atoms with Crippen LogP contribution in [0.5, 0.6) is 0 Å². The maximum Gasteiger partial charge on any atom is 0.140 e. The fourth-order valence-electron chi connectivity index (χ4n) is 1.96. The van der Waals surface area contributed by atoms with Gasteiger partial charge in [-0.25, -0.2) is 4.98 Å². The van der Waals surface area contributed by atoms with Crippen molar-refractivity contribution in [3.63, 3.8) is 0 Å². The van der Waals surface area contributed by atoms with Crippen LogP contribution < -0.4 is 0 Å². The standard InChI is InChI=1S/C13H15BrN2O/c1-13(17,12-15-7-8-16(12)2)9-10-3-5-11(14)6-4-10/h3-8,17H,9H2,1-2H3. The van der Waals surface area contributed by atoms with Crippen LogP contribution in [0.25, 0.3) is 0 Å². The number of aromatic nitrogens is 2. The maximum atomic E-state index is 10.5. The predicted octanol–water partition coefficient (Wildman–Crippen LogP) is 2.63. The monoisotopic (exact) mass is 294 g/mol. The molecule has 0 aliphatic rings. The van der Waals surface area contributed by atoms with Gasteiger partial charge < -0.3 is 9.67 Å². The molecule has 1 atom stereocenters. The fraction of sp³-hybridized carbons (Fsp3) is 0.308. The van der Waals surface area contributed by atoms with E-state index in [1.807, 2.05) is 42.1 Å². The third kappa shape index (κ3) is 2.76. The third-order valence-electron chi connectivity index (χ3n) is 2.76. The number of benzene rings is 1. The first-order chi connectivity index (χ1) is 7.99. The largest absolute Gasteiger partial charge is 0.382 e.